The van der Waals surface area contributed by atoms with Crippen molar-refractivity contribution in [3.8, 4) is 23.0 Å². The fraction of sp³-hybridized carbons (Fsp3) is 0.306. The van der Waals surface area contributed by atoms with E-state index in [4.69, 9.17) is 46.9 Å². The van der Waals surface area contributed by atoms with Crippen LogP contribution in [-0.2, 0) is 16.1 Å². The molecule has 0 radical (unpaired) electrons. The number of rotatable bonds is 12. The molecule has 5 rings (SSSR count). The number of aromatic nitrogens is 1. The molecular weight excluding hydrogens is 755 g/mol. The van der Waals surface area contributed by atoms with Gasteiger partial charge in [0, 0.05) is 15.6 Å². The molecule has 0 fully saturated rings. The number of esters is 1. The Kier molecular flexibility index (Phi) is 11.8. The summed E-state index contributed by atoms with van der Waals surface area (Å²) in [6.45, 7) is 9.93. The van der Waals surface area contributed by atoms with Crippen LogP contribution in [0.3, 0.4) is 0 Å². The van der Waals surface area contributed by atoms with E-state index in [-0.39, 0.29) is 30.5 Å². The molecule has 1 atom stereocenters. The van der Waals surface area contributed by atoms with Gasteiger partial charge in [0.1, 0.15) is 6.61 Å². The van der Waals surface area contributed by atoms with E-state index in [1.165, 1.54) is 15.9 Å². The van der Waals surface area contributed by atoms with Crippen LogP contribution < -0.4 is 33.8 Å². The van der Waals surface area contributed by atoms with Gasteiger partial charge in [0.2, 0.25) is 0 Å². The van der Waals surface area contributed by atoms with Crippen LogP contribution in [0.15, 0.2) is 74.1 Å². The molecule has 13 heteroatoms. The number of benzene rings is 3. The summed E-state index contributed by atoms with van der Waals surface area (Å²) in [5.74, 6) is 1.44. The lowest BCUT2D eigenvalue weighted by Gasteiger charge is -2.25. The second kappa shape index (κ2) is 15.8. The largest absolute Gasteiger partial charge is 0.493 e. The summed E-state index contributed by atoms with van der Waals surface area (Å²) in [6, 6.07) is 13.4. The van der Waals surface area contributed by atoms with Crippen molar-refractivity contribution in [2.45, 2.75) is 53.4 Å². The van der Waals surface area contributed by atoms with Crippen molar-refractivity contribution in [1.82, 2.24) is 4.57 Å². The van der Waals surface area contributed by atoms with Gasteiger partial charge in [0.15, 0.2) is 27.8 Å². The predicted octanol–water partition coefficient (Wildman–Crippen LogP) is 7.64. The first-order valence-corrected chi connectivity index (χ1v) is 17.9. The van der Waals surface area contributed by atoms with Crippen molar-refractivity contribution < 1.29 is 28.5 Å². The molecule has 9 nitrogen and oxygen atoms in total. The minimum atomic E-state index is -0.819. The molecule has 1 aliphatic rings. The Morgan fingerprint density at radius 2 is 1.82 bits per heavy atom. The summed E-state index contributed by atoms with van der Waals surface area (Å²) in [5, 5.41) is 1.03. The maximum absolute atomic E-state index is 14.2. The van der Waals surface area contributed by atoms with Gasteiger partial charge in [0.05, 0.1) is 52.7 Å². The number of carbonyl (C=O) groups excluding carboxylic acids is 1. The number of carbonyl (C=O) groups is 1. The molecular formula is C36H35BrCl2N2O7S. The Balaban J connectivity index is 1.60. The van der Waals surface area contributed by atoms with Gasteiger partial charge < -0.3 is 23.7 Å². The predicted molar refractivity (Wildman–Crippen MR) is 195 cm³/mol. The van der Waals surface area contributed by atoms with Crippen molar-refractivity contribution in [3.63, 3.8) is 0 Å². The maximum Gasteiger partial charge on any atom is 0.338 e. The van der Waals surface area contributed by atoms with Gasteiger partial charge in [-0.05, 0) is 104 Å². The number of nitrogens with zero attached hydrogens (tertiary/aromatic N) is 2. The monoisotopic (exact) mass is 788 g/mol. The van der Waals surface area contributed by atoms with Gasteiger partial charge in [-0.1, -0.05) is 46.7 Å². The van der Waals surface area contributed by atoms with E-state index in [2.05, 4.69) is 20.9 Å². The highest BCUT2D eigenvalue weighted by atomic mass is 79.9. The fourth-order valence-corrected chi connectivity index (χ4v) is 7.41. The summed E-state index contributed by atoms with van der Waals surface area (Å²) in [7, 11) is 1.54. The van der Waals surface area contributed by atoms with Crippen molar-refractivity contribution in [1.29, 1.82) is 0 Å². The lowest BCUT2D eigenvalue weighted by atomic mass is 9.95. The van der Waals surface area contributed by atoms with Gasteiger partial charge in [-0.3, -0.25) is 9.36 Å². The third kappa shape index (κ3) is 8.01. The quantitative estimate of drug-likeness (QED) is 0.136. The molecule has 0 spiro atoms. The van der Waals surface area contributed by atoms with E-state index in [1.807, 2.05) is 32.9 Å². The molecule has 0 bridgehead atoms. The molecule has 258 valence electrons. The zero-order valence-electron chi connectivity index (χ0n) is 27.8. The molecule has 0 amide bonds. The summed E-state index contributed by atoms with van der Waals surface area (Å²) < 4.78 is 31.6. The molecule has 0 saturated carbocycles. The summed E-state index contributed by atoms with van der Waals surface area (Å²) >= 11 is 17.3. The number of hydrogen-bond donors (Lipinski definition) is 0. The van der Waals surface area contributed by atoms with Crippen LogP contribution in [-0.4, -0.2) is 37.0 Å². The van der Waals surface area contributed by atoms with Gasteiger partial charge >= 0.3 is 5.97 Å². The van der Waals surface area contributed by atoms with Gasteiger partial charge in [-0.25, -0.2) is 9.79 Å². The molecule has 0 unspecified atom stereocenters. The summed E-state index contributed by atoms with van der Waals surface area (Å²) in [4.78, 5) is 32.7. The first kappa shape index (κ1) is 36.5. The number of fused-ring (bicyclic) bond motifs is 1. The standard InChI is InChI=1S/C36H35BrCl2N2O7S/c1-7-45-29-14-21(13-25(37)33(29)47-18-23-9-11-24(38)17-26(23)39)15-30-34(42)41-32(22-10-12-27(48-19(3)4)28(16-22)44-6)31(35(43)46-8-2)20(5)40-36(41)49-30/h9-17,19,32H,7-8,18H2,1-6H3/b30-15-/t32-/m0/s1. The second-order valence-electron chi connectivity index (χ2n) is 11.2. The van der Waals surface area contributed by atoms with Gasteiger partial charge in [0.25, 0.3) is 5.56 Å². The lowest BCUT2D eigenvalue weighted by molar-refractivity contribution is -0.139. The van der Waals surface area contributed by atoms with Crippen LogP contribution in [0.5, 0.6) is 23.0 Å². The van der Waals surface area contributed by atoms with E-state index in [0.29, 0.717) is 70.3 Å². The van der Waals surface area contributed by atoms with E-state index < -0.39 is 12.0 Å². The molecule has 0 aliphatic carbocycles. The Bertz CT molecular complexity index is 2110. The lowest BCUT2D eigenvalue weighted by Crippen LogP contribution is -2.40. The zero-order chi connectivity index (χ0) is 35.4. The molecule has 4 aromatic rings. The van der Waals surface area contributed by atoms with Crippen molar-refractivity contribution >= 4 is 62.5 Å². The third-order valence-corrected chi connectivity index (χ3v) is 9.56. The minimum absolute atomic E-state index is 0.0828. The highest BCUT2D eigenvalue weighted by Gasteiger charge is 2.34. The van der Waals surface area contributed by atoms with Crippen molar-refractivity contribution in [2.75, 3.05) is 20.3 Å². The Morgan fingerprint density at radius 1 is 1.04 bits per heavy atom. The van der Waals surface area contributed by atoms with E-state index in [0.717, 1.165) is 5.56 Å². The average molecular weight is 791 g/mol. The molecule has 0 N–H and O–H groups in total. The van der Waals surface area contributed by atoms with Crippen LogP contribution >= 0.6 is 50.5 Å². The Hall–Kier alpha value is -3.77. The Labute approximate surface area is 306 Å². The maximum atomic E-state index is 14.2. The topological polar surface area (TPSA) is 97.6 Å². The molecule has 49 heavy (non-hydrogen) atoms. The molecule has 1 aliphatic heterocycles. The first-order chi connectivity index (χ1) is 23.4. The first-order valence-electron chi connectivity index (χ1n) is 15.5. The van der Waals surface area contributed by atoms with E-state index in [1.54, 1.807) is 63.4 Å². The third-order valence-electron chi connectivity index (χ3n) is 7.40. The summed E-state index contributed by atoms with van der Waals surface area (Å²) in [6.07, 6.45) is 1.68. The zero-order valence-corrected chi connectivity index (χ0v) is 31.7. The van der Waals surface area contributed by atoms with Crippen LogP contribution in [0.1, 0.15) is 57.4 Å². The van der Waals surface area contributed by atoms with E-state index in [9.17, 15) is 9.59 Å². The second-order valence-corrected chi connectivity index (χ2v) is 13.9. The number of thiazole rings is 1. The number of allylic oxidation sites excluding steroid dienone is 1. The van der Waals surface area contributed by atoms with Crippen LogP contribution in [0, 0.1) is 0 Å². The van der Waals surface area contributed by atoms with Crippen molar-refractivity contribution in [3.05, 3.63) is 111 Å². The van der Waals surface area contributed by atoms with Crippen LogP contribution in [0.4, 0.5) is 0 Å². The fourth-order valence-electron chi connectivity index (χ4n) is 5.33. The average Bonchev–Trinajstić information content (AvgIpc) is 3.34. The Morgan fingerprint density at radius 3 is 2.49 bits per heavy atom. The van der Waals surface area contributed by atoms with Crippen molar-refractivity contribution in [2.24, 2.45) is 4.99 Å². The highest BCUT2D eigenvalue weighted by Crippen LogP contribution is 2.39. The molecule has 0 saturated heterocycles. The summed E-state index contributed by atoms with van der Waals surface area (Å²) in [5.41, 5.74) is 2.49. The van der Waals surface area contributed by atoms with Crippen LogP contribution in [0.25, 0.3) is 6.08 Å². The normalized spacial score (nSPS) is 14.4. The number of ether oxygens (including phenoxy) is 5. The molecule has 3 aromatic carbocycles. The van der Waals surface area contributed by atoms with Gasteiger partial charge in [-0.15, -0.1) is 0 Å². The smallest absolute Gasteiger partial charge is 0.338 e. The number of hydrogen-bond acceptors (Lipinski definition) is 9. The number of methoxy groups -OCH3 is 1. The molecule has 1 aromatic heterocycles. The minimum Gasteiger partial charge on any atom is -0.493 e. The van der Waals surface area contributed by atoms with Gasteiger partial charge in [-0.2, -0.15) is 0 Å². The molecule has 2 heterocycles. The van der Waals surface area contributed by atoms with E-state index >= 15 is 0 Å². The van der Waals surface area contributed by atoms with Crippen LogP contribution in [0.2, 0.25) is 10.0 Å². The highest BCUT2D eigenvalue weighted by molar-refractivity contribution is 9.10. The number of halogens is 3. The SMILES string of the molecule is CCOC(=O)C1=C(C)N=c2s/c(=C\c3cc(Br)c(OCc4ccc(Cl)cc4Cl)c(OCC)c3)c(=O)n2[C@H]1c1ccc(OC(C)C)c(OC)c1.